The van der Waals surface area contributed by atoms with Crippen molar-refractivity contribution < 1.29 is 113 Å². The number of benzene rings is 1. The maximum atomic E-state index is 14.3. The van der Waals surface area contributed by atoms with E-state index in [-0.39, 0.29) is 72.1 Å². The summed E-state index contributed by atoms with van der Waals surface area (Å²) < 4.78 is 39.7. The summed E-state index contributed by atoms with van der Waals surface area (Å²) in [5, 5.41) is 111. The van der Waals surface area contributed by atoms with Crippen LogP contribution < -0.4 is 37.2 Å². The molecular weight excluding hydrogens is 1200 g/mol. The number of aliphatic hydroxyl groups is 9. The van der Waals surface area contributed by atoms with E-state index in [1.165, 1.54) is 25.7 Å². The van der Waals surface area contributed by atoms with E-state index in [1.807, 2.05) is 30.3 Å². The van der Waals surface area contributed by atoms with Gasteiger partial charge in [0.1, 0.15) is 79.7 Å². The van der Waals surface area contributed by atoms with E-state index >= 15 is 0 Å². The first-order valence-corrected chi connectivity index (χ1v) is 31.7. The Labute approximate surface area is 531 Å². The largest absolute Gasteiger partial charge is 0.445 e. The van der Waals surface area contributed by atoms with Crippen molar-refractivity contribution in [1.82, 2.24) is 42.1 Å². The van der Waals surface area contributed by atoms with Crippen LogP contribution >= 0.6 is 0 Å². The van der Waals surface area contributed by atoms with E-state index in [1.54, 1.807) is 0 Å². The number of hydrogen-bond acceptors (Lipinski definition) is 24. The Bertz CT molecular complexity index is 2210. The van der Waals surface area contributed by atoms with Crippen molar-refractivity contribution >= 4 is 41.5 Å². The van der Waals surface area contributed by atoms with E-state index < -0.39 is 159 Å². The standard InChI is InChI=1S/C60H102N8O23/c1-37(72)65-47-53(80)50(77)42(33-69)89-57(47)85-28-18-7-4-14-24-61-45(75)31-68(32-46(76)62-25-15-5-8-19-29-86-58-48(66-38(2)73)54(81)51(78)43(34-70)90-58)41(23-13-17-27-64-60(84)88-36-40-21-11-10-12-22-40)56(83)63-26-16-6-9-20-30-87-59-49(67-39(3)74)55(82)52(79)44(35-71)91-59/h10-12,21-22,41-44,47-55,57-59,69-71,77-82H,4-9,13-20,23-36H2,1-3H3,(H,61,75)(H,62,76)(H,63,83)(H,64,84)(H,65,72)(H,66,73)(H,67,74)/t41?,42-,43-,44+,47-,48-,49+,50+,51+,52-,53-,54-,55+,57?,58?,59?/m1/s1. The zero-order chi connectivity index (χ0) is 66.7. The molecule has 0 aromatic heterocycles. The van der Waals surface area contributed by atoms with Gasteiger partial charge in [0, 0.05) is 66.8 Å². The monoisotopic (exact) mass is 1300 g/mol. The lowest BCUT2D eigenvalue weighted by molar-refractivity contribution is -0.270. The molecule has 0 saturated carbocycles. The highest BCUT2D eigenvalue weighted by atomic mass is 16.7. The lowest BCUT2D eigenvalue weighted by Gasteiger charge is -2.42. The summed E-state index contributed by atoms with van der Waals surface area (Å²) in [6.07, 6.45) is -8.00. The lowest BCUT2D eigenvalue weighted by atomic mass is 9.97. The number of nitrogens with zero attached hydrogens (tertiary/aromatic N) is 1. The molecule has 1 aromatic carbocycles. The molecule has 3 aliphatic heterocycles. The Morgan fingerprint density at radius 2 is 0.813 bits per heavy atom. The van der Waals surface area contributed by atoms with Gasteiger partial charge in [-0.1, -0.05) is 68.9 Å². The van der Waals surface area contributed by atoms with Crippen molar-refractivity contribution in [3.8, 4) is 0 Å². The molecule has 4 rings (SSSR count). The summed E-state index contributed by atoms with van der Waals surface area (Å²) in [5.74, 6) is -2.76. The number of carbonyl (C=O) groups excluding carboxylic acids is 7. The first-order chi connectivity index (χ1) is 43.7. The molecule has 3 aliphatic rings. The topological polar surface area (TPSA) is 454 Å². The first kappa shape index (κ1) is 78.1. The number of hydrogen-bond donors (Lipinski definition) is 16. The van der Waals surface area contributed by atoms with Gasteiger partial charge < -0.3 is 116 Å². The normalized spacial score (nSPS) is 26.8. The summed E-state index contributed by atoms with van der Waals surface area (Å²) in [7, 11) is 0. The highest BCUT2D eigenvalue weighted by molar-refractivity contribution is 5.86. The fourth-order valence-electron chi connectivity index (χ4n) is 10.6. The van der Waals surface area contributed by atoms with Gasteiger partial charge in [-0.25, -0.2) is 4.79 Å². The van der Waals surface area contributed by atoms with E-state index in [2.05, 4.69) is 37.2 Å². The summed E-state index contributed by atoms with van der Waals surface area (Å²) in [6, 6.07) is 4.95. The molecule has 0 spiro atoms. The molecule has 16 N–H and O–H groups in total. The molecule has 4 unspecified atom stereocenters. The second-order valence-corrected chi connectivity index (χ2v) is 23.0. The molecule has 3 heterocycles. The minimum atomic E-state index is -1.45. The van der Waals surface area contributed by atoms with Gasteiger partial charge in [-0.3, -0.25) is 33.7 Å². The molecule has 520 valence electrons. The van der Waals surface area contributed by atoms with Gasteiger partial charge in [-0.2, -0.15) is 0 Å². The molecule has 3 saturated heterocycles. The van der Waals surface area contributed by atoms with Crippen molar-refractivity contribution in [2.45, 2.75) is 222 Å². The third-order valence-corrected chi connectivity index (χ3v) is 15.6. The average Bonchev–Trinajstić information content (AvgIpc) is 1.39. The average molecular weight is 1300 g/mol. The van der Waals surface area contributed by atoms with Crippen LogP contribution in [0.3, 0.4) is 0 Å². The van der Waals surface area contributed by atoms with Gasteiger partial charge in [0.25, 0.3) is 0 Å². The van der Waals surface area contributed by atoms with E-state index in [4.69, 9.17) is 33.2 Å². The molecule has 1 aromatic rings. The minimum Gasteiger partial charge on any atom is -0.445 e. The fraction of sp³-hybridized carbons (Fsp3) is 0.783. The van der Waals surface area contributed by atoms with Gasteiger partial charge in [-0.05, 0) is 63.4 Å². The maximum absolute atomic E-state index is 14.3. The van der Waals surface area contributed by atoms with Gasteiger partial charge in [-0.15, -0.1) is 0 Å². The minimum absolute atomic E-state index is 0.0700. The van der Waals surface area contributed by atoms with Crippen molar-refractivity contribution in [2.75, 3.05) is 78.9 Å². The summed E-state index contributed by atoms with van der Waals surface area (Å²) in [6.45, 7) is 2.81. The van der Waals surface area contributed by atoms with Crippen LogP contribution in [0.25, 0.3) is 0 Å². The van der Waals surface area contributed by atoms with Crippen LogP contribution in [0.2, 0.25) is 0 Å². The molecule has 31 nitrogen and oxygen atoms in total. The third kappa shape index (κ3) is 28.4. The highest BCUT2D eigenvalue weighted by Gasteiger charge is 2.48. The second kappa shape index (κ2) is 43.5. The Morgan fingerprint density at radius 1 is 0.462 bits per heavy atom. The third-order valence-electron chi connectivity index (χ3n) is 15.6. The molecule has 0 bridgehead atoms. The van der Waals surface area contributed by atoms with Crippen molar-refractivity contribution in [2.24, 2.45) is 0 Å². The number of alkyl carbamates (subject to hydrolysis) is 1. The van der Waals surface area contributed by atoms with Crippen molar-refractivity contribution in [3.05, 3.63) is 35.9 Å². The van der Waals surface area contributed by atoms with Gasteiger partial charge in [0.05, 0.1) is 39.0 Å². The van der Waals surface area contributed by atoms with Crippen LogP contribution in [0.1, 0.15) is 123 Å². The Morgan fingerprint density at radius 3 is 1.19 bits per heavy atom. The van der Waals surface area contributed by atoms with Crippen LogP contribution in [0.4, 0.5) is 4.79 Å². The Hall–Kier alpha value is -5.33. The molecule has 16 atom stereocenters. The van der Waals surface area contributed by atoms with E-state index in [0.717, 1.165) is 5.56 Å². The molecule has 7 amide bonds. The summed E-state index contributed by atoms with van der Waals surface area (Å²) >= 11 is 0. The number of carbonyl (C=O) groups is 7. The molecule has 3 fully saturated rings. The van der Waals surface area contributed by atoms with Crippen LogP contribution in [-0.4, -0.2) is 269 Å². The first-order valence-electron chi connectivity index (χ1n) is 31.7. The molecule has 0 radical (unpaired) electrons. The number of unbranched alkanes of at least 4 members (excludes halogenated alkanes) is 10. The van der Waals surface area contributed by atoms with Gasteiger partial charge in [0.15, 0.2) is 18.9 Å². The van der Waals surface area contributed by atoms with Crippen molar-refractivity contribution in [1.29, 1.82) is 0 Å². The highest BCUT2D eigenvalue weighted by Crippen LogP contribution is 2.26. The smallest absolute Gasteiger partial charge is 0.407 e. The SMILES string of the molecule is CC(=O)N[C@@H]1C(OCCCCCCNC(=O)C(CCCCNC(=O)OCc2ccccc2)N(CC(=O)NCCCCCCOC2O[C@H](CO)[C@H](O)[C@H](O)[C@H]2NC(C)=O)CC(=O)NCCCCCCOC2O[C@H](CO)[C@H](O)[C@H](O)[C@H]2NC(C)=O)O[C@@H](CO)[C@@H](O)[C@H]1O. The van der Waals surface area contributed by atoms with Gasteiger partial charge >= 0.3 is 6.09 Å². The van der Waals surface area contributed by atoms with E-state index in [9.17, 15) is 79.5 Å². The molecule has 0 aliphatic carbocycles. The summed E-state index contributed by atoms with van der Waals surface area (Å²) in [4.78, 5) is 91.4. The van der Waals surface area contributed by atoms with Crippen LogP contribution in [0.15, 0.2) is 30.3 Å². The lowest BCUT2D eigenvalue weighted by Crippen LogP contribution is -2.64. The number of aliphatic hydroxyl groups excluding tert-OH is 9. The quantitative estimate of drug-likeness (QED) is 0.0284. The molecule has 31 heteroatoms. The zero-order valence-corrected chi connectivity index (χ0v) is 52.6. The maximum Gasteiger partial charge on any atom is 0.407 e. The van der Waals surface area contributed by atoms with Crippen molar-refractivity contribution in [3.63, 3.8) is 0 Å². The van der Waals surface area contributed by atoms with Crippen LogP contribution in [0.5, 0.6) is 0 Å². The molecular formula is C60H102N8O23. The Kier molecular flexibility index (Phi) is 37.4. The van der Waals surface area contributed by atoms with Crippen LogP contribution in [0, 0.1) is 0 Å². The summed E-state index contributed by atoms with van der Waals surface area (Å²) in [5.41, 5.74) is 0.809. The molecule has 91 heavy (non-hydrogen) atoms. The fourth-order valence-corrected chi connectivity index (χ4v) is 10.6. The number of amides is 7. The number of nitrogens with one attached hydrogen (secondary N) is 7. The van der Waals surface area contributed by atoms with Crippen LogP contribution in [-0.2, 0) is 68.5 Å². The predicted octanol–water partition coefficient (Wildman–Crippen LogP) is -3.34. The van der Waals surface area contributed by atoms with Gasteiger partial charge in [0.2, 0.25) is 35.4 Å². The number of ether oxygens (including phenoxy) is 7. The van der Waals surface area contributed by atoms with E-state index in [0.29, 0.717) is 89.9 Å². The second-order valence-electron chi connectivity index (χ2n) is 23.0. The Balaban J connectivity index is 1.35. The number of rotatable bonds is 43. The predicted molar refractivity (Wildman–Crippen MR) is 322 cm³/mol. The zero-order valence-electron chi connectivity index (χ0n) is 52.6.